The van der Waals surface area contributed by atoms with Gasteiger partial charge in [0.15, 0.2) is 5.96 Å². The lowest BCUT2D eigenvalue weighted by Gasteiger charge is -2.20. The number of nitrogens with zero attached hydrogens (tertiary/aromatic N) is 2. The molecule has 0 bridgehead atoms. The number of pyridine rings is 1. The highest BCUT2D eigenvalue weighted by Gasteiger charge is 2.38. The van der Waals surface area contributed by atoms with Crippen molar-refractivity contribution >= 4 is 62.9 Å². The second-order valence-corrected chi connectivity index (χ2v) is 9.66. The Kier molecular flexibility index (Phi) is 12.3. The maximum Gasteiger partial charge on any atom is 0.490 e. The number of guanidine groups is 1. The average Bonchev–Trinajstić information content (AvgIpc) is 2.90. The van der Waals surface area contributed by atoms with Crippen LogP contribution in [0, 0.1) is 0 Å². The van der Waals surface area contributed by atoms with E-state index in [2.05, 4.69) is 47.2 Å². The van der Waals surface area contributed by atoms with Crippen LogP contribution < -0.4 is 21.3 Å². The summed E-state index contributed by atoms with van der Waals surface area (Å²) in [5, 5.41) is 46.8. The van der Waals surface area contributed by atoms with Gasteiger partial charge in [0, 0.05) is 22.8 Å². The number of amides is 2. The lowest BCUT2D eigenvalue weighted by Crippen LogP contribution is -2.42. The number of carbonyl (C=O) groups excluding carboxylic acids is 2. The van der Waals surface area contributed by atoms with Gasteiger partial charge in [-0.2, -0.15) is 13.2 Å². The molecule has 2 atom stereocenters. The van der Waals surface area contributed by atoms with Crippen molar-refractivity contribution in [3.8, 4) is 5.75 Å². The van der Waals surface area contributed by atoms with Crippen LogP contribution in [-0.4, -0.2) is 87.0 Å². The summed E-state index contributed by atoms with van der Waals surface area (Å²) >= 11 is 9.17. The second kappa shape index (κ2) is 15.2. The van der Waals surface area contributed by atoms with Crippen LogP contribution in [0.5, 0.6) is 5.75 Å². The minimum Gasteiger partial charge on any atom is -0.506 e. The Morgan fingerprint density at radius 2 is 1.83 bits per heavy atom. The first kappa shape index (κ1) is 34.0. The molecule has 2 aromatic rings. The standard InChI is InChI=1S/C21H22BrClN6O6.C2HF3O2/c22-11-2-14(19(34)15(23)3-11)16(4-18(32)33)29-17(31)9-25-20(35)10-1-12(6-24-5-10)28-21-26-7-13(30)8-27-21;3-2(4,5)1(6)7/h1-3,5-6,13,16,30,34H,4,7-9H2,(H,25,35)(H,29,31)(H,32,33)(H2,26,27,28);(H,6,7)/t16-;/m1./s1. The van der Waals surface area contributed by atoms with Crippen LogP contribution >= 0.6 is 27.5 Å². The molecule has 1 aliphatic rings. The van der Waals surface area contributed by atoms with Gasteiger partial charge in [-0.3, -0.25) is 24.4 Å². The quantitative estimate of drug-likeness (QED) is 0.200. The molecule has 0 fully saturated rings. The molecule has 228 valence electrons. The highest BCUT2D eigenvalue weighted by Crippen LogP contribution is 2.36. The van der Waals surface area contributed by atoms with Gasteiger partial charge in [0.2, 0.25) is 5.91 Å². The van der Waals surface area contributed by atoms with E-state index in [1.165, 1.54) is 30.6 Å². The molecule has 42 heavy (non-hydrogen) atoms. The Labute approximate surface area is 248 Å². The van der Waals surface area contributed by atoms with Crippen molar-refractivity contribution in [1.29, 1.82) is 0 Å². The van der Waals surface area contributed by atoms with Crippen LogP contribution in [0.4, 0.5) is 18.9 Å². The number of benzene rings is 1. The number of nitrogens with one attached hydrogen (secondary N) is 4. The number of rotatable bonds is 8. The number of hydrogen-bond donors (Lipinski definition) is 8. The van der Waals surface area contributed by atoms with Gasteiger partial charge < -0.3 is 41.7 Å². The van der Waals surface area contributed by atoms with Gasteiger partial charge in [-0.25, -0.2) is 4.79 Å². The molecule has 8 N–H and O–H groups in total. The van der Waals surface area contributed by atoms with E-state index in [0.717, 1.165) is 0 Å². The van der Waals surface area contributed by atoms with Gasteiger partial charge >= 0.3 is 18.1 Å². The smallest absolute Gasteiger partial charge is 0.490 e. The topological polar surface area (TPSA) is 223 Å². The highest BCUT2D eigenvalue weighted by molar-refractivity contribution is 9.10. The number of aliphatic hydroxyl groups is 1. The molecule has 0 saturated carbocycles. The number of carbonyl (C=O) groups is 4. The van der Waals surface area contributed by atoms with E-state index in [9.17, 15) is 42.9 Å². The summed E-state index contributed by atoms with van der Waals surface area (Å²) in [7, 11) is 0. The van der Waals surface area contributed by atoms with Gasteiger partial charge in [-0.1, -0.05) is 27.5 Å². The molecule has 3 rings (SSSR count). The molecule has 0 saturated heterocycles. The summed E-state index contributed by atoms with van der Waals surface area (Å²) < 4.78 is 32.2. The minimum atomic E-state index is -5.08. The number of phenols is 1. The predicted octanol–water partition coefficient (Wildman–Crippen LogP) is 1.63. The summed E-state index contributed by atoms with van der Waals surface area (Å²) in [5.74, 6) is -5.17. The molecule has 14 nitrogen and oxygen atoms in total. The Morgan fingerprint density at radius 3 is 2.40 bits per heavy atom. The molecule has 0 aliphatic carbocycles. The molecule has 2 amide bonds. The molecular formula is C23H23BrClF3N6O8. The lowest BCUT2D eigenvalue weighted by atomic mass is 10.0. The summed E-state index contributed by atoms with van der Waals surface area (Å²) in [6, 6.07) is 3.29. The number of β-amino-alcohol motifs (C(OH)–C–C–N with tert-alkyl or cyclic N) is 1. The number of aliphatic hydroxyl groups excluding tert-OH is 1. The van der Waals surface area contributed by atoms with Crippen molar-refractivity contribution in [3.05, 3.63) is 51.2 Å². The van der Waals surface area contributed by atoms with Crippen molar-refractivity contribution in [1.82, 2.24) is 20.9 Å². The summed E-state index contributed by atoms with van der Waals surface area (Å²) in [4.78, 5) is 53.3. The van der Waals surface area contributed by atoms with Crippen LogP contribution in [0.15, 0.2) is 40.1 Å². The van der Waals surface area contributed by atoms with Crippen LogP contribution in [-0.2, 0) is 14.4 Å². The first-order valence-electron chi connectivity index (χ1n) is 11.5. The summed E-state index contributed by atoms with van der Waals surface area (Å²) in [6.07, 6.45) is -3.38. The van der Waals surface area contributed by atoms with Crippen molar-refractivity contribution in [3.63, 3.8) is 0 Å². The van der Waals surface area contributed by atoms with Crippen LogP contribution in [0.1, 0.15) is 28.4 Å². The van der Waals surface area contributed by atoms with Gasteiger partial charge in [0.05, 0.1) is 54.1 Å². The number of carboxylic acid groups (broad SMARTS) is 2. The Bertz CT molecular complexity index is 1360. The minimum absolute atomic E-state index is 0.0149. The first-order valence-corrected chi connectivity index (χ1v) is 12.7. The highest BCUT2D eigenvalue weighted by atomic mass is 79.9. The number of halogens is 5. The SMILES string of the molecule is O=C(O)C(F)(F)F.O=C(O)C[C@@H](NC(=O)CNC(=O)c1cncc(NC2=NCC(O)CN2)c1)c1cc(Br)cc(Cl)c1O. The van der Waals surface area contributed by atoms with Crippen LogP contribution in [0.2, 0.25) is 5.02 Å². The van der Waals surface area contributed by atoms with E-state index in [-0.39, 0.29) is 28.4 Å². The normalized spacial score (nSPS) is 15.1. The number of alkyl halides is 3. The molecule has 0 spiro atoms. The zero-order valence-corrected chi connectivity index (χ0v) is 23.4. The van der Waals surface area contributed by atoms with E-state index in [1.54, 1.807) is 0 Å². The lowest BCUT2D eigenvalue weighted by molar-refractivity contribution is -0.192. The van der Waals surface area contributed by atoms with Gasteiger partial charge in [0.25, 0.3) is 5.91 Å². The van der Waals surface area contributed by atoms with E-state index in [0.29, 0.717) is 22.7 Å². The van der Waals surface area contributed by atoms with Crippen molar-refractivity contribution in [2.24, 2.45) is 4.99 Å². The van der Waals surface area contributed by atoms with Crippen molar-refractivity contribution in [2.45, 2.75) is 24.7 Å². The monoisotopic (exact) mass is 682 g/mol. The van der Waals surface area contributed by atoms with Gasteiger partial charge in [-0.05, 0) is 18.2 Å². The summed E-state index contributed by atoms with van der Waals surface area (Å²) in [5.41, 5.74) is 0.743. The van der Waals surface area contributed by atoms with Crippen LogP contribution in [0.3, 0.4) is 0 Å². The number of aliphatic carboxylic acids is 2. The molecule has 1 aromatic carbocycles. The molecule has 19 heteroatoms. The maximum absolute atomic E-state index is 12.5. The maximum atomic E-state index is 12.5. The zero-order valence-electron chi connectivity index (χ0n) is 21.1. The van der Waals surface area contributed by atoms with E-state index in [1.807, 2.05) is 0 Å². The molecule has 1 unspecified atom stereocenters. The molecule has 1 aliphatic heterocycles. The number of aromatic nitrogens is 1. The van der Waals surface area contributed by atoms with E-state index in [4.69, 9.17) is 21.5 Å². The molecule has 0 radical (unpaired) electrons. The first-order chi connectivity index (χ1) is 19.6. The molecule has 2 heterocycles. The van der Waals surface area contributed by atoms with E-state index < -0.39 is 55.0 Å². The number of hydrogen-bond acceptors (Lipinski definition) is 10. The third-order valence-electron chi connectivity index (χ3n) is 5.03. The number of anilines is 1. The van der Waals surface area contributed by atoms with Crippen LogP contribution in [0.25, 0.3) is 0 Å². The second-order valence-electron chi connectivity index (χ2n) is 8.34. The average molecular weight is 684 g/mol. The largest absolute Gasteiger partial charge is 0.506 e. The fourth-order valence-electron chi connectivity index (χ4n) is 3.16. The number of phenolic OH excluding ortho intramolecular Hbond substituents is 1. The zero-order chi connectivity index (χ0) is 31.6. The third kappa shape index (κ3) is 11.0. The Morgan fingerprint density at radius 1 is 1.17 bits per heavy atom. The number of aromatic hydroxyl groups is 1. The number of aliphatic imine (C=N–C) groups is 1. The van der Waals surface area contributed by atoms with Gasteiger partial charge in [0.1, 0.15) is 5.75 Å². The Balaban J connectivity index is 0.000000782. The summed E-state index contributed by atoms with van der Waals surface area (Å²) in [6.45, 7) is 0.118. The Hall–Kier alpha value is -4.16. The fourth-order valence-corrected chi connectivity index (χ4v) is 3.99. The predicted molar refractivity (Wildman–Crippen MR) is 144 cm³/mol. The fraction of sp³-hybridized carbons (Fsp3) is 0.304. The van der Waals surface area contributed by atoms with Crippen molar-refractivity contribution < 1.29 is 52.8 Å². The third-order valence-corrected chi connectivity index (χ3v) is 5.77. The molecular weight excluding hydrogens is 661 g/mol. The molecule has 1 aromatic heterocycles. The van der Waals surface area contributed by atoms with Gasteiger partial charge in [-0.15, -0.1) is 0 Å². The van der Waals surface area contributed by atoms with E-state index >= 15 is 0 Å². The van der Waals surface area contributed by atoms with Crippen molar-refractivity contribution in [2.75, 3.05) is 25.0 Å². The number of carboxylic acids is 2.